The highest BCUT2D eigenvalue weighted by Crippen LogP contribution is 2.19. The van der Waals surface area contributed by atoms with Gasteiger partial charge in [-0.25, -0.2) is 13.6 Å². The van der Waals surface area contributed by atoms with E-state index in [0.29, 0.717) is 0 Å². The number of nitrogens with one attached hydrogen (secondary N) is 2. The van der Waals surface area contributed by atoms with Crippen LogP contribution in [0.4, 0.5) is 13.6 Å². The number of hydrogen-bond acceptors (Lipinski definition) is 2. The van der Waals surface area contributed by atoms with Crippen LogP contribution in [0.2, 0.25) is 0 Å². The van der Waals surface area contributed by atoms with Crippen molar-refractivity contribution in [1.82, 2.24) is 10.6 Å². The molecule has 0 spiro atoms. The topological polar surface area (TPSA) is 61.4 Å². The fourth-order valence-corrected chi connectivity index (χ4v) is 2.04. The monoisotopic (exact) mass is 312 g/mol. The zero-order valence-corrected chi connectivity index (χ0v) is 12.6. The summed E-state index contributed by atoms with van der Waals surface area (Å²) in [6.45, 7) is 5.20. The molecule has 22 heavy (non-hydrogen) atoms. The van der Waals surface area contributed by atoms with Gasteiger partial charge in [0, 0.05) is 12.6 Å². The largest absolute Gasteiger partial charge is 0.386 e. The lowest BCUT2D eigenvalue weighted by molar-refractivity contribution is 0.163. The molecule has 6 heteroatoms. The normalized spacial score (nSPS) is 13.3. The molecule has 0 aliphatic carbocycles. The van der Waals surface area contributed by atoms with Crippen molar-refractivity contribution in [1.29, 1.82) is 0 Å². The van der Waals surface area contributed by atoms with Crippen LogP contribution in [0.3, 0.4) is 0 Å². The summed E-state index contributed by atoms with van der Waals surface area (Å²) in [6.07, 6.45) is 2.95. The first-order chi connectivity index (χ1) is 10.5. The molecule has 0 aliphatic rings. The number of allylic oxidation sites excluding steroid dienone is 1. The molecule has 0 bridgehead atoms. The number of carbonyl (C=O) groups is 1. The summed E-state index contributed by atoms with van der Waals surface area (Å²) in [5, 5.41) is 14.9. The number of hydrogen-bond donors (Lipinski definition) is 3. The first-order valence-corrected chi connectivity index (χ1v) is 7.23. The first-order valence-electron chi connectivity index (χ1n) is 7.23. The van der Waals surface area contributed by atoms with Crippen molar-refractivity contribution in [2.24, 2.45) is 0 Å². The molecule has 1 aromatic rings. The third-order valence-electron chi connectivity index (χ3n) is 3.21. The number of benzene rings is 1. The molecule has 3 N–H and O–H groups in total. The van der Waals surface area contributed by atoms with Gasteiger partial charge in [-0.15, -0.1) is 6.58 Å². The van der Waals surface area contributed by atoms with Gasteiger partial charge in [0.05, 0.1) is 5.56 Å². The summed E-state index contributed by atoms with van der Waals surface area (Å²) in [5.41, 5.74) is -0.443. The Morgan fingerprint density at radius 3 is 2.64 bits per heavy atom. The van der Waals surface area contributed by atoms with Crippen molar-refractivity contribution in [3.8, 4) is 0 Å². The van der Waals surface area contributed by atoms with E-state index in [2.05, 4.69) is 17.2 Å². The number of aliphatic hydroxyl groups is 1. The summed E-state index contributed by atoms with van der Waals surface area (Å²) in [5.74, 6) is -1.68. The lowest BCUT2D eigenvalue weighted by Gasteiger charge is -2.17. The van der Waals surface area contributed by atoms with Crippen LogP contribution in [-0.4, -0.2) is 23.7 Å². The SMILES string of the molecule is C=CCCCC(C)NC(=O)NCC(O)c1c(F)cccc1F. The van der Waals surface area contributed by atoms with Crippen LogP contribution in [-0.2, 0) is 0 Å². The molecule has 0 saturated carbocycles. The number of carbonyl (C=O) groups excluding carboxylic acids is 1. The van der Waals surface area contributed by atoms with Crippen molar-refractivity contribution < 1.29 is 18.7 Å². The fourth-order valence-electron chi connectivity index (χ4n) is 2.04. The maximum absolute atomic E-state index is 13.5. The van der Waals surface area contributed by atoms with E-state index in [1.54, 1.807) is 0 Å². The zero-order chi connectivity index (χ0) is 16.5. The summed E-state index contributed by atoms with van der Waals surface area (Å²) < 4.78 is 26.9. The summed E-state index contributed by atoms with van der Waals surface area (Å²) in [7, 11) is 0. The molecule has 4 nitrogen and oxygen atoms in total. The average Bonchev–Trinajstić information content (AvgIpc) is 2.45. The Balaban J connectivity index is 2.42. The molecule has 0 heterocycles. The Hall–Kier alpha value is -1.95. The molecular weight excluding hydrogens is 290 g/mol. The van der Waals surface area contributed by atoms with E-state index in [1.165, 1.54) is 6.07 Å². The third-order valence-corrected chi connectivity index (χ3v) is 3.21. The third kappa shape index (κ3) is 5.81. The number of aliphatic hydroxyl groups excluding tert-OH is 1. The quantitative estimate of drug-likeness (QED) is 0.510. The van der Waals surface area contributed by atoms with Crippen LogP contribution < -0.4 is 10.6 Å². The van der Waals surface area contributed by atoms with Gasteiger partial charge in [-0.2, -0.15) is 0 Å². The van der Waals surface area contributed by atoms with E-state index in [4.69, 9.17) is 0 Å². The highest BCUT2D eigenvalue weighted by molar-refractivity contribution is 5.74. The second-order valence-electron chi connectivity index (χ2n) is 5.13. The Morgan fingerprint density at radius 2 is 2.05 bits per heavy atom. The molecule has 0 aromatic heterocycles. The second-order valence-corrected chi connectivity index (χ2v) is 5.13. The highest BCUT2D eigenvalue weighted by atomic mass is 19.1. The van der Waals surface area contributed by atoms with Gasteiger partial charge < -0.3 is 15.7 Å². The molecule has 1 aromatic carbocycles. The van der Waals surface area contributed by atoms with Gasteiger partial charge in [-0.05, 0) is 38.3 Å². The smallest absolute Gasteiger partial charge is 0.315 e. The second kappa shape index (κ2) is 9.15. The minimum atomic E-state index is -1.44. The lowest BCUT2D eigenvalue weighted by Crippen LogP contribution is -2.42. The van der Waals surface area contributed by atoms with Crippen molar-refractivity contribution in [3.63, 3.8) is 0 Å². The number of halogens is 2. The summed E-state index contributed by atoms with van der Waals surface area (Å²) in [6, 6.07) is 2.81. The van der Waals surface area contributed by atoms with Gasteiger partial charge in [0.1, 0.15) is 17.7 Å². The molecule has 0 fully saturated rings. The van der Waals surface area contributed by atoms with Gasteiger partial charge in [0.25, 0.3) is 0 Å². The van der Waals surface area contributed by atoms with E-state index in [1.807, 2.05) is 13.0 Å². The first kappa shape index (κ1) is 18.1. The van der Waals surface area contributed by atoms with Crippen molar-refractivity contribution >= 4 is 6.03 Å². The average molecular weight is 312 g/mol. The van der Waals surface area contributed by atoms with Crippen molar-refractivity contribution in [3.05, 3.63) is 48.1 Å². The predicted molar refractivity (Wildman–Crippen MR) is 81.4 cm³/mol. The number of urea groups is 1. The van der Waals surface area contributed by atoms with Crippen LogP contribution in [0.25, 0.3) is 0 Å². The van der Waals surface area contributed by atoms with E-state index in [0.717, 1.165) is 31.4 Å². The van der Waals surface area contributed by atoms with Crippen LogP contribution in [0, 0.1) is 11.6 Å². The minimum absolute atomic E-state index is 0.0395. The Kier molecular flexibility index (Phi) is 7.52. The van der Waals surface area contributed by atoms with Gasteiger partial charge >= 0.3 is 6.03 Å². The molecule has 0 radical (unpaired) electrons. The minimum Gasteiger partial charge on any atom is -0.386 e. The Bertz CT molecular complexity index is 489. The standard InChI is InChI=1S/C16H22F2N2O2/c1-3-4-5-7-11(2)20-16(22)19-10-14(21)15-12(17)8-6-9-13(15)18/h3,6,8-9,11,14,21H,1,4-5,7,10H2,2H3,(H2,19,20,22). The van der Waals surface area contributed by atoms with Crippen molar-refractivity contribution in [2.45, 2.75) is 38.3 Å². The van der Waals surface area contributed by atoms with Gasteiger partial charge in [-0.3, -0.25) is 0 Å². The molecule has 2 unspecified atom stereocenters. The van der Waals surface area contributed by atoms with Crippen molar-refractivity contribution in [2.75, 3.05) is 6.54 Å². The number of rotatable bonds is 8. The summed E-state index contributed by atoms with van der Waals surface area (Å²) >= 11 is 0. The maximum Gasteiger partial charge on any atom is 0.315 e. The molecule has 2 amide bonds. The maximum atomic E-state index is 13.5. The lowest BCUT2D eigenvalue weighted by atomic mass is 10.1. The number of unbranched alkanes of at least 4 members (excludes halogenated alkanes) is 1. The molecule has 0 saturated heterocycles. The van der Waals surface area contributed by atoms with Crippen LogP contribution in [0.1, 0.15) is 37.9 Å². The van der Waals surface area contributed by atoms with Gasteiger partial charge in [0.15, 0.2) is 0 Å². The van der Waals surface area contributed by atoms with Crippen LogP contribution in [0.5, 0.6) is 0 Å². The predicted octanol–water partition coefficient (Wildman–Crippen LogP) is 3.04. The molecular formula is C16H22F2N2O2. The molecule has 1 rings (SSSR count). The molecule has 0 aliphatic heterocycles. The summed E-state index contributed by atoms with van der Waals surface area (Å²) in [4.78, 5) is 11.7. The van der Waals surface area contributed by atoms with Gasteiger partial charge in [-0.1, -0.05) is 12.1 Å². The fraction of sp³-hybridized carbons (Fsp3) is 0.438. The van der Waals surface area contributed by atoms with Crippen LogP contribution in [0.15, 0.2) is 30.9 Å². The highest BCUT2D eigenvalue weighted by Gasteiger charge is 2.18. The Labute approximate surface area is 129 Å². The molecule has 2 atom stereocenters. The molecule has 122 valence electrons. The zero-order valence-electron chi connectivity index (χ0n) is 12.6. The number of amides is 2. The van der Waals surface area contributed by atoms with E-state index >= 15 is 0 Å². The van der Waals surface area contributed by atoms with E-state index in [-0.39, 0.29) is 12.6 Å². The van der Waals surface area contributed by atoms with Crippen LogP contribution >= 0.6 is 0 Å². The van der Waals surface area contributed by atoms with E-state index < -0.39 is 29.3 Å². The van der Waals surface area contributed by atoms with E-state index in [9.17, 15) is 18.7 Å². The Morgan fingerprint density at radius 1 is 1.41 bits per heavy atom. The van der Waals surface area contributed by atoms with Gasteiger partial charge in [0.2, 0.25) is 0 Å².